The fraction of sp³-hybridized carbons (Fsp3) is 0.250. The van der Waals surface area contributed by atoms with Crippen LogP contribution in [-0.2, 0) is 12.8 Å². The average molecular weight is 299 g/mol. The first-order chi connectivity index (χ1) is 10.2. The number of halogens is 1. The van der Waals surface area contributed by atoms with Crippen molar-refractivity contribution in [3.8, 4) is 11.1 Å². The molecule has 4 nitrogen and oxygen atoms in total. The summed E-state index contributed by atoms with van der Waals surface area (Å²) in [5, 5.41) is 8.77. The van der Waals surface area contributed by atoms with Crippen LogP contribution in [-0.4, -0.2) is 15.2 Å². The Hall–Kier alpha value is -2.07. The first-order valence-corrected chi connectivity index (χ1v) is 7.53. The highest BCUT2D eigenvalue weighted by Crippen LogP contribution is 2.38. The molecule has 5 heteroatoms. The summed E-state index contributed by atoms with van der Waals surface area (Å²) in [6.45, 7) is 0. The number of pyridine rings is 1. The molecule has 0 atom stereocenters. The number of fused-ring (bicyclic) bond motifs is 2. The lowest BCUT2D eigenvalue weighted by Gasteiger charge is -2.19. The highest BCUT2D eigenvalue weighted by atomic mass is 35.5. The second kappa shape index (κ2) is 4.74. The predicted octanol–water partition coefficient (Wildman–Crippen LogP) is 3.74. The molecule has 3 N–H and O–H groups in total. The van der Waals surface area contributed by atoms with Gasteiger partial charge in [0.1, 0.15) is 5.82 Å². The molecule has 2 heterocycles. The van der Waals surface area contributed by atoms with Gasteiger partial charge in [-0.2, -0.15) is 5.10 Å². The number of benzene rings is 1. The second-order valence-corrected chi connectivity index (χ2v) is 5.90. The predicted molar refractivity (Wildman–Crippen MR) is 85.4 cm³/mol. The van der Waals surface area contributed by atoms with Gasteiger partial charge < -0.3 is 5.73 Å². The number of hydrogen-bond donors (Lipinski definition) is 2. The van der Waals surface area contributed by atoms with Crippen LogP contribution in [0, 0.1) is 0 Å². The van der Waals surface area contributed by atoms with Crippen molar-refractivity contribution in [3.05, 3.63) is 40.5 Å². The van der Waals surface area contributed by atoms with Gasteiger partial charge in [0.15, 0.2) is 5.65 Å². The largest absolute Gasteiger partial charge is 0.383 e. The summed E-state index contributed by atoms with van der Waals surface area (Å²) < 4.78 is 0. The van der Waals surface area contributed by atoms with Crippen LogP contribution in [0.1, 0.15) is 24.1 Å². The Morgan fingerprint density at radius 1 is 1.10 bits per heavy atom. The minimum atomic E-state index is 0.579. The second-order valence-electron chi connectivity index (χ2n) is 5.46. The topological polar surface area (TPSA) is 67.6 Å². The van der Waals surface area contributed by atoms with Crippen LogP contribution in [0.4, 0.5) is 5.82 Å². The molecule has 0 amide bonds. The fourth-order valence-corrected chi connectivity index (χ4v) is 3.29. The Kier molecular flexibility index (Phi) is 2.86. The molecule has 1 aliphatic carbocycles. The third kappa shape index (κ3) is 1.98. The van der Waals surface area contributed by atoms with Gasteiger partial charge in [-0.3, -0.25) is 5.10 Å². The van der Waals surface area contributed by atoms with E-state index in [2.05, 4.69) is 10.2 Å². The highest BCUT2D eigenvalue weighted by Gasteiger charge is 2.22. The van der Waals surface area contributed by atoms with E-state index in [4.69, 9.17) is 22.3 Å². The van der Waals surface area contributed by atoms with E-state index in [0.717, 1.165) is 40.1 Å². The Bertz CT molecular complexity index is 820. The quantitative estimate of drug-likeness (QED) is 0.719. The lowest BCUT2D eigenvalue weighted by atomic mass is 9.87. The molecule has 0 fully saturated rings. The van der Waals surface area contributed by atoms with Gasteiger partial charge in [-0.05, 0) is 48.9 Å². The number of nitrogens with two attached hydrogens (primary N) is 1. The molecule has 1 aliphatic rings. The summed E-state index contributed by atoms with van der Waals surface area (Å²) >= 11 is 6.02. The van der Waals surface area contributed by atoms with Crippen LogP contribution in [0.3, 0.4) is 0 Å². The number of nitrogens with one attached hydrogen (secondary N) is 1. The average Bonchev–Trinajstić information content (AvgIpc) is 2.87. The maximum absolute atomic E-state index is 6.09. The number of nitrogens with zero attached hydrogens (tertiary/aromatic N) is 2. The van der Waals surface area contributed by atoms with E-state index in [0.29, 0.717) is 11.5 Å². The van der Waals surface area contributed by atoms with Crippen molar-refractivity contribution in [1.29, 1.82) is 0 Å². The van der Waals surface area contributed by atoms with Crippen molar-refractivity contribution in [1.82, 2.24) is 15.2 Å². The van der Waals surface area contributed by atoms with Gasteiger partial charge in [-0.15, -0.1) is 0 Å². The van der Waals surface area contributed by atoms with Crippen molar-refractivity contribution in [2.45, 2.75) is 25.7 Å². The first-order valence-electron chi connectivity index (χ1n) is 7.15. The number of aryl methyl sites for hydroxylation is 1. The number of rotatable bonds is 1. The zero-order valence-electron chi connectivity index (χ0n) is 11.5. The number of aromatic nitrogens is 3. The lowest BCUT2D eigenvalue weighted by molar-refractivity contribution is 0.672. The number of hydrogen-bond acceptors (Lipinski definition) is 3. The van der Waals surface area contributed by atoms with Gasteiger partial charge in [0.05, 0.1) is 5.39 Å². The summed E-state index contributed by atoms with van der Waals surface area (Å²) in [5.41, 5.74) is 11.6. The molecule has 0 radical (unpaired) electrons. The summed E-state index contributed by atoms with van der Waals surface area (Å²) in [4.78, 5) is 4.69. The molecule has 0 aliphatic heterocycles. The number of anilines is 1. The Morgan fingerprint density at radius 2 is 1.86 bits per heavy atom. The van der Waals surface area contributed by atoms with Gasteiger partial charge in [0.2, 0.25) is 0 Å². The molecule has 21 heavy (non-hydrogen) atoms. The molecule has 0 bridgehead atoms. The van der Waals surface area contributed by atoms with Gasteiger partial charge >= 0.3 is 0 Å². The van der Waals surface area contributed by atoms with E-state index in [-0.39, 0.29) is 0 Å². The molecular weight excluding hydrogens is 284 g/mol. The first kappa shape index (κ1) is 12.7. The molecule has 0 saturated heterocycles. The van der Waals surface area contributed by atoms with Crippen molar-refractivity contribution >= 4 is 28.5 Å². The fourth-order valence-electron chi connectivity index (χ4n) is 3.17. The van der Waals surface area contributed by atoms with Crippen molar-refractivity contribution in [3.63, 3.8) is 0 Å². The van der Waals surface area contributed by atoms with Gasteiger partial charge in [-0.25, -0.2) is 4.98 Å². The van der Waals surface area contributed by atoms with E-state index in [1.807, 2.05) is 24.3 Å². The minimum Gasteiger partial charge on any atom is -0.383 e. The van der Waals surface area contributed by atoms with Gasteiger partial charge in [0, 0.05) is 16.3 Å². The van der Waals surface area contributed by atoms with E-state index in [1.165, 1.54) is 18.4 Å². The maximum Gasteiger partial charge on any atom is 0.184 e. The summed E-state index contributed by atoms with van der Waals surface area (Å²) in [5.74, 6) is 0.579. The van der Waals surface area contributed by atoms with Crippen LogP contribution < -0.4 is 5.73 Å². The van der Waals surface area contributed by atoms with E-state index < -0.39 is 0 Å². The molecule has 0 unspecified atom stereocenters. The number of nitrogen functional groups attached to an aromatic ring is 1. The normalized spacial score (nSPS) is 14.3. The van der Waals surface area contributed by atoms with Crippen LogP contribution in [0.15, 0.2) is 24.3 Å². The molecule has 2 aromatic heterocycles. The molecule has 106 valence electrons. The van der Waals surface area contributed by atoms with Crippen LogP contribution in [0.5, 0.6) is 0 Å². The van der Waals surface area contributed by atoms with Crippen LogP contribution >= 0.6 is 11.6 Å². The van der Waals surface area contributed by atoms with Crippen molar-refractivity contribution < 1.29 is 0 Å². The Morgan fingerprint density at radius 3 is 2.67 bits per heavy atom. The molecule has 3 aromatic rings. The van der Waals surface area contributed by atoms with E-state index >= 15 is 0 Å². The van der Waals surface area contributed by atoms with E-state index in [1.54, 1.807) is 0 Å². The van der Waals surface area contributed by atoms with Gasteiger partial charge in [-0.1, -0.05) is 23.7 Å². The molecule has 0 saturated carbocycles. The maximum atomic E-state index is 6.09. The number of H-pyrrole nitrogens is 1. The SMILES string of the molecule is Nc1[nH]nc2nc3c(c(-c4ccc(Cl)cc4)c12)CCCC3. The molecule has 0 spiro atoms. The van der Waals surface area contributed by atoms with Crippen LogP contribution in [0.25, 0.3) is 22.2 Å². The third-order valence-corrected chi connectivity index (χ3v) is 4.39. The lowest BCUT2D eigenvalue weighted by Crippen LogP contribution is -2.08. The highest BCUT2D eigenvalue weighted by molar-refractivity contribution is 6.30. The molecular formula is C16H15ClN4. The summed E-state index contributed by atoms with van der Waals surface area (Å²) in [7, 11) is 0. The summed E-state index contributed by atoms with van der Waals surface area (Å²) in [6.07, 6.45) is 4.43. The molecule has 1 aromatic carbocycles. The minimum absolute atomic E-state index is 0.579. The Balaban J connectivity index is 2.08. The smallest absolute Gasteiger partial charge is 0.184 e. The van der Waals surface area contributed by atoms with E-state index in [9.17, 15) is 0 Å². The van der Waals surface area contributed by atoms with Crippen molar-refractivity contribution in [2.24, 2.45) is 0 Å². The standard InChI is InChI=1S/C16H15ClN4/c17-10-7-5-9(6-8-10)13-11-3-1-2-4-12(11)19-16-14(13)15(18)20-21-16/h5-8H,1-4H2,(H3,18,19,20,21). The van der Waals surface area contributed by atoms with Gasteiger partial charge in [0.25, 0.3) is 0 Å². The zero-order chi connectivity index (χ0) is 14.4. The molecule has 4 rings (SSSR count). The third-order valence-electron chi connectivity index (χ3n) is 4.14. The van der Waals surface area contributed by atoms with Crippen LogP contribution in [0.2, 0.25) is 5.02 Å². The summed E-state index contributed by atoms with van der Waals surface area (Å²) in [6, 6.07) is 7.90. The van der Waals surface area contributed by atoms with Crippen molar-refractivity contribution in [2.75, 3.05) is 5.73 Å². The zero-order valence-corrected chi connectivity index (χ0v) is 12.2. The Labute approximate surface area is 127 Å². The number of aromatic amines is 1. The monoisotopic (exact) mass is 298 g/mol.